The molecule has 1 aliphatic heterocycles. The summed E-state index contributed by atoms with van der Waals surface area (Å²) >= 11 is 6.22. The monoisotopic (exact) mass is 296 g/mol. The van der Waals surface area contributed by atoms with Gasteiger partial charge in [-0.05, 0) is 31.2 Å². The number of hydrogen-bond acceptors (Lipinski definition) is 3. The summed E-state index contributed by atoms with van der Waals surface area (Å²) in [5, 5.41) is 0.504. The van der Waals surface area contributed by atoms with Gasteiger partial charge >= 0.3 is 0 Å². The predicted octanol–water partition coefficient (Wildman–Crippen LogP) is 2.30. The number of halogens is 1. The maximum absolute atomic E-state index is 12.7. The van der Waals surface area contributed by atoms with E-state index in [2.05, 4.69) is 11.9 Å². The summed E-state index contributed by atoms with van der Waals surface area (Å²) in [7, 11) is 3.62. The first-order valence-corrected chi connectivity index (χ1v) is 7.28. The first-order valence-electron chi connectivity index (χ1n) is 6.91. The van der Waals surface area contributed by atoms with Crippen molar-refractivity contribution in [2.24, 2.45) is 0 Å². The Morgan fingerprint density at radius 3 is 2.50 bits per heavy atom. The zero-order valence-corrected chi connectivity index (χ0v) is 13.0. The Balaban J connectivity index is 2.30. The molecule has 0 bridgehead atoms. The first-order chi connectivity index (χ1) is 9.56. The number of ether oxygens (including phenoxy) is 1. The fourth-order valence-corrected chi connectivity index (χ4v) is 2.72. The summed E-state index contributed by atoms with van der Waals surface area (Å²) in [5.41, 5.74) is 1.62. The molecule has 2 rings (SSSR count). The Morgan fingerprint density at radius 1 is 1.30 bits per heavy atom. The highest BCUT2D eigenvalue weighted by Crippen LogP contribution is 2.31. The lowest BCUT2D eigenvalue weighted by atomic mass is 10.1. The number of amides is 1. The molecule has 0 atom stereocenters. The third-order valence-corrected chi connectivity index (χ3v) is 4.02. The van der Waals surface area contributed by atoms with Crippen molar-refractivity contribution < 1.29 is 9.53 Å². The van der Waals surface area contributed by atoms with E-state index in [9.17, 15) is 4.79 Å². The second-order valence-corrected chi connectivity index (χ2v) is 5.51. The SMILES string of the molecule is CCc1cc(Cl)c(OC)c(C(=O)N2CCN(C)CC2)c1. The second kappa shape index (κ2) is 6.46. The average Bonchev–Trinajstić information content (AvgIpc) is 2.46. The maximum atomic E-state index is 12.7. The highest BCUT2D eigenvalue weighted by Gasteiger charge is 2.24. The summed E-state index contributed by atoms with van der Waals surface area (Å²) in [6.45, 7) is 5.33. The minimum Gasteiger partial charge on any atom is -0.494 e. The van der Waals surface area contributed by atoms with Gasteiger partial charge in [-0.3, -0.25) is 4.79 Å². The molecule has 1 saturated heterocycles. The normalized spacial score (nSPS) is 16.3. The Morgan fingerprint density at radius 2 is 1.95 bits per heavy atom. The number of likely N-dealkylation sites (N-methyl/N-ethyl adjacent to an activating group) is 1. The number of nitrogens with zero attached hydrogens (tertiary/aromatic N) is 2. The summed E-state index contributed by atoms with van der Waals surface area (Å²) < 4.78 is 5.32. The first kappa shape index (κ1) is 15.1. The summed E-state index contributed by atoms with van der Waals surface area (Å²) in [4.78, 5) is 16.8. The van der Waals surface area contributed by atoms with E-state index < -0.39 is 0 Å². The molecule has 0 aromatic heterocycles. The van der Waals surface area contributed by atoms with E-state index in [0.29, 0.717) is 16.3 Å². The molecule has 0 spiro atoms. The highest BCUT2D eigenvalue weighted by molar-refractivity contribution is 6.32. The van der Waals surface area contributed by atoms with Crippen molar-refractivity contribution in [1.82, 2.24) is 9.80 Å². The highest BCUT2D eigenvalue weighted by atomic mass is 35.5. The summed E-state index contributed by atoms with van der Waals surface area (Å²) in [5.74, 6) is 0.486. The zero-order valence-electron chi connectivity index (χ0n) is 12.3. The Bertz CT molecular complexity index is 497. The summed E-state index contributed by atoms with van der Waals surface area (Å²) in [6, 6.07) is 3.76. The second-order valence-electron chi connectivity index (χ2n) is 5.11. The van der Waals surface area contributed by atoms with Crippen molar-refractivity contribution in [3.8, 4) is 5.75 Å². The minimum atomic E-state index is 0.00662. The van der Waals surface area contributed by atoms with Gasteiger partial charge in [-0.25, -0.2) is 0 Å². The molecule has 1 amide bonds. The minimum absolute atomic E-state index is 0.00662. The molecule has 1 aliphatic rings. The van der Waals surface area contributed by atoms with Crippen LogP contribution in [0.15, 0.2) is 12.1 Å². The van der Waals surface area contributed by atoms with Crippen LogP contribution in [-0.2, 0) is 6.42 Å². The van der Waals surface area contributed by atoms with Gasteiger partial charge in [0.1, 0.15) is 5.75 Å². The predicted molar refractivity (Wildman–Crippen MR) is 80.8 cm³/mol. The third kappa shape index (κ3) is 3.07. The molecule has 0 unspecified atom stereocenters. The zero-order chi connectivity index (χ0) is 14.7. The van der Waals surface area contributed by atoms with E-state index in [4.69, 9.17) is 16.3 Å². The Kier molecular flexibility index (Phi) is 4.89. The molecule has 110 valence electrons. The van der Waals surface area contributed by atoms with Gasteiger partial charge < -0.3 is 14.5 Å². The van der Waals surface area contributed by atoms with Gasteiger partial charge in [0.2, 0.25) is 0 Å². The van der Waals surface area contributed by atoms with Crippen LogP contribution in [-0.4, -0.2) is 56.0 Å². The van der Waals surface area contributed by atoms with E-state index >= 15 is 0 Å². The van der Waals surface area contributed by atoms with E-state index in [1.165, 1.54) is 0 Å². The molecule has 1 aromatic carbocycles. The fraction of sp³-hybridized carbons (Fsp3) is 0.533. The smallest absolute Gasteiger partial charge is 0.257 e. The van der Waals surface area contributed by atoms with Crippen LogP contribution in [0, 0.1) is 0 Å². The molecule has 0 aliphatic carbocycles. The van der Waals surface area contributed by atoms with Crippen LogP contribution in [0.5, 0.6) is 5.75 Å². The number of carbonyl (C=O) groups excluding carboxylic acids is 1. The molecule has 20 heavy (non-hydrogen) atoms. The molecular formula is C15H21ClN2O2. The molecule has 0 radical (unpaired) electrons. The lowest BCUT2D eigenvalue weighted by Gasteiger charge is -2.32. The largest absolute Gasteiger partial charge is 0.494 e. The molecule has 0 saturated carbocycles. The van der Waals surface area contributed by atoms with Crippen molar-refractivity contribution in [2.45, 2.75) is 13.3 Å². The number of hydrogen-bond donors (Lipinski definition) is 0. The molecule has 5 heteroatoms. The van der Waals surface area contributed by atoms with E-state index in [0.717, 1.165) is 38.2 Å². The van der Waals surface area contributed by atoms with Crippen LogP contribution in [0.4, 0.5) is 0 Å². The van der Waals surface area contributed by atoms with Crippen LogP contribution in [0.2, 0.25) is 5.02 Å². The maximum Gasteiger partial charge on any atom is 0.257 e. The van der Waals surface area contributed by atoms with Gasteiger partial charge in [-0.15, -0.1) is 0 Å². The molecule has 1 fully saturated rings. The van der Waals surface area contributed by atoms with Crippen LogP contribution in [0.25, 0.3) is 0 Å². The number of aryl methyl sites for hydroxylation is 1. The summed E-state index contributed by atoms with van der Waals surface area (Å²) in [6.07, 6.45) is 0.840. The number of benzene rings is 1. The molecular weight excluding hydrogens is 276 g/mol. The molecule has 4 nitrogen and oxygen atoms in total. The lowest BCUT2D eigenvalue weighted by Crippen LogP contribution is -2.47. The van der Waals surface area contributed by atoms with Crippen molar-refractivity contribution >= 4 is 17.5 Å². The van der Waals surface area contributed by atoms with E-state index in [-0.39, 0.29) is 5.91 Å². The molecule has 1 aromatic rings. The van der Waals surface area contributed by atoms with Gasteiger partial charge in [-0.2, -0.15) is 0 Å². The number of carbonyl (C=O) groups is 1. The number of piperazine rings is 1. The Hall–Kier alpha value is -1.26. The average molecular weight is 297 g/mol. The van der Waals surface area contributed by atoms with Crippen molar-refractivity contribution in [3.05, 3.63) is 28.3 Å². The topological polar surface area (TPSA) is 32.8 Å². The van der Waals surface area contributed by atoms with E-state index in [1.807, 2.05) is 24.0 Å². The Labute approximate surface area is 125 Å². The number of methoxy groups -OCH3 is 1. The van der Waals surface area contributed by atoms with Gasteiger partial charge in [0, 0.05) is 26.2 Å². The van der Waals surface area contributed by atoms with Crippen molar-refractivity contribution in [1.29, 1.82) is 0 Å². The van der Waals surface area contributed by atoms with Gasteiger partial charge in [0.15, 0.2) is 0 Å². The quantitative estimate of drug-likeness (QED) is 0.858. The van der Waals surface area contributed by atoms with Gasteiger partial charge in [0.05, 0.1) is 17.7 Å². The molecule has 0 N–H and O–H groups in total. The van der Waals surface area contributed by atoms with Crippen molar-refractivity contribution in [2.75, 3.05) is 40.3 Å². The lowest BCUT2D eigenvalue weighted by molar-refractivity contribution is 0.0660. The molecule has 1 heterocycles. The third-order valence-electron chi connectivity index (χ3n) is 3.74. The van der Waals surface area contributed by atoms with Crippen LogP contribution >= 0.6 is 11.6 Å². The van der Waals surface area contributed by atoms with Gasteiger partial charge in [0.25, 0.3) is 5.91 Å². The van der Waals surface area contributed by atoms with Crippen molar-refractivity contribution in [3.63, 3.8) is 0 Å². The van der Waals surface area contributed by atoms with E-state index in [1.54, 1.807) is 7.11 Å². The van der Waals surface area contributed by atoms with Crippen LogP contribution in [0.3, 0.4) is 0 Å². The number of rotatable bonds is 3. The van der Waals surface area contributed by atoms with Crippen LogP contribution < -0.4 is 4.74 Å². The fourth-order valence-electron chi connectivity index (χ4n) is 2.40. The standard InChI is InChI=1S/C15H21ClN2O2/c1-4-11-9-12(14(20-3)13(16)10-11)15(19)18-7-5-17(2)6-8-18/h9-10H,4-8H2,1-3H3. The van der Waals surface area contributed by atoms with Crippen LogP contribution in [0.1, 0.15) is 22.8 Å². The van der Waals surface area contributed by atoms with Gasteiger partial charge in [-0.1, -0.05) is 18.5 Å².